The van der Waals surface area contributed by atoms with Gasteiger partial charge in [-0.2, -0.15) is 0 Å². The highest BCUT2D eigenvalue weighted by Gasteiger charge is 2.76. The van der Waals surface area contributed by atoms with Crippen molar-refractivity contribution in [1.29, 1.82) is 0 Å². The number of cyclic esters (lactones) is 1. The Balaban J connectivity index is 0.856. The van der Waals surface area contributed by atoms with Gasteiger partial charge < -0.3 is 24.8 Å². The van der Waals surface area contributed by atoms with Crippen molar-refractivity contribution in [3.8, 4) is 0 Å². The Morgan fingerprint density at radius 3 is 2.27 bits per heavy atom. The molecular weight excluding hydrogens is 1080 g/mol. The maximum absolute atomic E-state index is 15.9. The molecule has 2 bridgehead atoms. The number of benzene rings is 5. The van der Waals surface area contributed by atoms with E-state index in [4.69, 9.17) is 9.47 Å². The van der Waals surface area contributed by atoms with Crippen molar-refractivity contribution in [2.24, 2.45) is 69.5 Å². The second kappa shape index (κ2) is 23.1. The first-order valence-electron chi connectivity index (χ1n) is 35.3. The van der Waals surface area contributed by atoms with Crippen LogP contribution in [0.2, 0.25) is 0 Å². The van der Waals surface area contributed by atoms with Gasteiger partial charge in [-0.3, -0.25) is 4.79 Å². The fourth-order valence-electron chi connectivity index (χ4n) is 23.5. The normalized spacial score (nSPS) is 40.1. The molecule has 464 valence electrons. The summed E-state index contributed by atoms with van der Waals surface area (Å²) in [5, 5.41) is 46.0. The molecule has 15 rings (SSSR count). The molecule has 0 amide bonds. The van der Waals surface area contributed by atoms with Gasteiger partial charge in [-0.15, -0.1) is 0 Å². The molecule has 3 N–H and O–H groups in total. The zero-order chi connectivity index (χ0) is 60.2. The van der Waals surface area contributed by atoms with Crippen LogP contribution in [0, 0.1) is 69.5 Å². The van der Waals surface area contributed by atoms with E-state index in [1.807, 2.05) is 0 Å². The second-order valence-corrected chi connectivity index (χ2v) is 31.3. The van der Waals surface area contributed by atoms with Crippen LogP contribution in [0.25, 0.3) is 10.8 Å². The number of hydrogen-bond acceptors (Lipinski definition) is 7. The number of esters is 2. The van der Waals surface area contributed by atoms with E-state index in [-0.39, 0.29) is 59.5 Å². The Bertz CT molecular complexity index is 3450. The summed E-state index contributed by atoms with van der Waals surface area (Å²) < 4.78 is 13.0. The molecule has 2 aliphatic heterocycles. The largest absolute Gasteiger partial charge is 0.462 e. The molecule has 6 saturated carbocycles. The van der Waals surface area contributed by atoms with Crippen LogP contribution >= 0.6 is 0 Å². The van der Waals surface area contributed by atoms with Crippen LogP contribution in [-0.2, 0) is 37.3 Å². The van der Waals surface area contributed by atoms with E-state index >= 15 is 4.79 Å². The van der Waals surface area contributed by atoms with Gasteiger partial charge in [0.2, 0.25) is 0 Å². The van der Waals surface area contributed by atoms with Crippen molar-refractivity contribution in [2.45, 2.75) is 216 Å². The summed E-state index contributed by atoms with van der Waals surface area (Å²) in [6.07, 6.45) is 24.6. The van der Waals surface area contributed by atoms with Gasteiger partial charge in [-0.05, 0) is 242 Å². The predicted molar refractivity (Wildman–Crippen MR) is 348 cm³/mol. The number of allylic oxidation sites excluding steroid dienone is 1. The van der Waals surface area contributed by atoms with Crippen LogP contribution in [0.3, 0.4) is 0 Å². The first-order chi connectivity index (χ1) is 42.7. The second-order valence-electron chi connectivity index (χ2n) is 31.3. The zero-order valence-corrected chi connectivity index (χ0v) is 52.9. The maximum atomic E-state index is 15.9. The number of ether oxygens (including phenoxy) is 2. The van der Waals surface area contributed by atoms with E-state index in [1.54, 1.807) is 22.8 Å². The molecular formula is C81H98O7. The highest BCUT2D eigenvalue weighted by atomic mass is 16.5. The average Bonchev–Trinajstić information content (AvgIpc) is 1.14. The van der Waals surface area contributed by atoms with E-state index in [1.165, 1.54) is 72.4 Å². The summed E-state index contributed by atoms with van der Waals surface area (Å²) in [7, 11) is 0. The number of fused-ring (bicyclic) bond motifs is 4. The van der Waals surface area contributed by atoms with Crippen LogP contribution < -0.4 is 0 Å². The van der Waals surface area contributed by atoms with Crippen molar-refractivity contribution < 1.29 is 34.4 Å². The summed E-state index contributed by atoms with van der Waals surface area (Å²) in [5.74, 6) is 0.235. The summed E-state index contributed by atoms with van der Waals surface area (Å²) >= 11 is 0. The Morgan fingerprint density at radius 2 is 1.49 bits per heavy atom. The quantitative estimate of drug-likeness (QED) is 0.0795. The first kappa shape index (κ1) is 59.0. The molecule has 88 heavy (non-hydrogen) atoms. The standard InChI is InChI=1S/C81H98O7/c1-51(17-15-22-53-18-7-4-8-19-53)43-59-31-30-57-29-28-55(45-54-20-9-5-10-21-54)46-65(57)76(85)88-68-44-52(2)80(86,42-34-56-47-70(83)87-50-56)81(75(59)84)69(82)37-39-77(3,74(68)81)62-36-41-78-40-35-60-49-79(61-24-11-6-12-25-61)38-14-13-27-66(79)64-33-32-58-23-16-26-63(67(78)48-62)71(58)72(64)73(60)78/h4-12,16,18-21,23-26,30-33,47,51-52,55,57,59-60,62,65-69,73-75,82,84,86H,13-15,17,22,27-29,34-46,48-50H2,1-3H3. The lowest BCUT2D eigenvalue weighted by Crippen LogP contribution is -2.77. The summed E-state index contributed by atoms with van der Waals surface area (Å²) in [6.45, 7) is 7.10. The molecule has 10 aliphatic rings. The number of aliphatic hydroxyl groups excluding tert-OH is 2. The van der Waals surface area contributed by atoms with Gasteiger partial charge in [0.1, 0.15) is 12.7 Å². The Kier molecular flexibility index (Phi) is 15.5. The molecule has 20 atom stereocenters. The van der Waals surface area contributed by atoms with E-state index in [0.717, 1.165) is 69.8 Å². The minimum absolute atomic E-state index is 0.0581. The van der Waals surface area contributed by atoms with Crippen LogP contribution in [-0.4, -0.2) is 57.8 Å². The van der Waals surface area contributed by atoms with Crippen LogP contribution in [0.1, 0.15) is 207 Å². The summed E-state index contributed by atoms with van der Waals surface area (Å²) in [4.78, 5) is 28.7. The fourth-order valence-corrected chi connectivity index (χ4v) is 23.5. The lowest BCUT2D eigenvalue weighted by Gasteiger charge is -2.71. The van der Waals surface area contributed by atoms with Crippen molar-refractivity contribution >= 4 is 22.7 Å². The molecule has 0 saturated heterocycles. The maximum Gasteiger partial charge on any atom is 0.331 e. The lowest BCUT2D eigenvalue weighted by molar-refractivity contribution is -0.331. The van der Waals surface area contributed by atoms with Gasteiger partial charge in [0, 0.05) is 23.3 Å². The third-order valence-electron chi connectivity index (χ3n) is 27.3. The highest BCUT2D eigenvalue weighted by molar-refractivity contribution is 5.93. The molecule has 0 radical (unpaired) electrons. The van der Waals surface area contributed by atoms with E-state index in [0.29, 0.717) is 61.7 Å². The van der Waals surface area contributed by atoms with Crippen molar-refractivity contribution in [1.82, 2.24) is 0 Å². The summed E-state index contributed by atoms with van der Waals surface area (Å²) in [6, 6.07) is 45.5. The third-order valence-corrected chi connectivity index (χ3v) is 27.3. The van der Waals surface area contributed by atoms with Crippen LogP contribution in [0.15, 0.2) is 145 Å². The molecule has 0 aromatic heterocycles. The van der Waals surface area contributed by atoms with Crippen LogP contribution in [0.4, 0.5) is 0 Å². The number of rotatable bonds is 13. The minimum Gasteiger partial charge on any atom is -0.462 e. The van der Waals surface area contributed by atoms with Crippen LogP contribution in [0.5, 0.6) is 0 Å². The lowest BCUT2D eigenvalue weighted by atomic mass is 9.36. The molecule has 20 unspecified atom stereocenters. The number of aryl methyl sites for hydroxylation is 1. The molecule has 7 nitrogen and oxygen atoms in total. The van der Waals surface area contributed by atoms with Gasteiger partial charge in [-0.1, -0.05) is 174 Å². The Morgan fingerprint density at radius 1 is 0.716 bits per heavy atom. The van der Waals surface area contributed by atoms with Gasteiger partial charge in [-0.25, -0.2) is 4.79 Å². The minimum atomic E-state index is -1.61. The van der Waals surface area contributed by atoms with Gasteiger partial charge >= 0.3 is 11.9 Å². The van der Waals surface area contributed by atoms with E-state index in [9.17, 15) is 20.1 Å². The zero-order valence-electron chi connectivity index (χ0n) is 52.9. The van der Waals surface area contributed by atoms with Crippen molar-refractivity contribution in [2.75, 3.05) is 6.61 Å². The molecule has 5 aromatic rings. The van der Waals surface area contributed by atoms with Crippen molar-refractivity contribution in [3.63, 3.8) is 0 Å². The number of hydrogen-bond donors (Lipinski definition) is 3. The average molecular weight is 1180 g/mol. The molecule has 1 spiro atoms. The molecule has 7 heteroatoms. The Labute approximate surface area is 524 Å². The van der Waals surface area contributed by atoms with Gasteiger partial charge in [0.15, 0.2) is 0 Å². The smallest absolute Gasteiger partial charge is 0.331 e. The highest BCUT2D eigenvalue weighted by Crippen LogP contribution is 2.77. The van der Waals surface area contributed by atoms with E-state index in [2.05, 4.69) is 154 Å². The summed E-state index contributed by atoms with van der Waals surface area (Å²) in [5.41, 5.74) is 6.46. The first-order valence-corrected chi connectivity index (χ1v) is 35.3. The predicted octanol–water partition coefficient (Wildman–Crippen LogP) is 16.8. The van der Waals surface area contributed by atoms with Gasteiger partial charge in [0.05, 0.1) is 29.1 Å². The van der Waals surface area contributed by atoms with Crippen molar-refractivity contribution in [3.05, 3.63) is 179 Å². The monoisotopic (exact) mass is 1180 g/mol. The topological polar surface area (TPSA) is 113 Å². The molecule has 6 fully saturated rings. The Hall–Kier alpha value is -5.34. The number of aliphatic hydroxyl groups is 3. The number of carbonyl (C=O) groups is 2. The number of carbonyl (C=O) groups excluding carboxylic acids is 2. The van der Waals surface area contributed by atoms with Gasteiger partial charge in [0.25, 0.3) is 0 Å². The SMILES string of the molecule is CC(CCCc1ccccc1)CC1C=CC2CCC(Cc3ccccc3)CC2C(=O)OC2CC(C)C(O)(CCC3=CC(=O)OC3)C3(C(O)CCC(C)(C4CCC56CCC7CC8(c9ccccc9)CCCCC8c8ccc9cccc(c9c8C75)C6C4)C23)C1O. The third kappa shape index (κ3) is 9.46. The fraction of sp³-hybridized carbons (Fsp3) is 0.580. The molecule has 8 aliphatic carbocycles. The van der Waals surface area contributed by atoms with E-state index < -0.39 is 52.5 Å². The molecule has 2 heterocycles. The molecule has 5 aromatic carbocycles.